The van der Waals surface area contributed by atoms with E-state index >= 15 is 0 Å². The summed E-state index contributed by atoms with van der Waals surface area (Å²) < 4.78 is 0. The third kappa shape index (κ3) is 2.26. The zero-order chi connectivity index (χ0) is 13.2. The van der Waals surface area contributed by atoms with Gasteiger partial charge in [0.15, 0.2) is 0 Å². The van der Waals surface area contributed by atoms with Gasteiger partial charge in [-0.1, -0.05) is 6.58 Å². The summed E-state index contributed by atoms with van der Waals surface area (Å²) in [6, 6.07) is 0. The lowest BCUT2D eigenvalue weighted by atomic mass is 9.88. The number of rotatable bonds is 3. The van der Waals surface area contributed by atoms with E-state index in [0.29, 0.717) is 26.2 Å². The molecule has 6 heteroatoms. The smallest absolute Gasteiger partial charge is 0.312 e. The van der Waals surface area contributed by atoms with E-state index in [1.807, 2.05) is 11.9 Å². The molecule has 0 aromatic heterocycles. The van der Waals surface area contributed by atoms with Crippen LogP contribution in [0.4, 0.5) is 0 Å². The number of carbonyl (C=O) groups excluding carboxylic acids is 2. The molecule has 2 rings (SSSR count). The maximum absolute atomic E-state index is 11.7. The highest BCUT2D eigenvalue weighted by Crippen LogP contribution is 2.33. The summed E-state index contributed by atoms with van der Waals surface area (Å²) in [6.07, 6.45) is 3.13. The summed E-state index contributed by atoms with van der Waals surface area (Å²) in [7, 11) is 2.03. The van der Waals surface area contributed by atoms with Gasteiger partial charge < -0.3 is 9.74 Å². The van der Waals surface area contributed by atoms with Crippen molar-refractivity contribution < 1.29 is 14.4 Å². The lowest BCUT2D eigenvalue weighted by molar-refractivity contribution is -0.183. The van der Waals surface area contributed by atoms with Gasteiger partial charge in [-0.25, -0.2) is 0 Å². The summed E-state index contributed by atoms with van der Waals surface area (Å²) in [5.41, 5.74) is 0.0153. The Hall–Kier alpha value is -1.40. The molecular formula is C12H19N3O3. The monoisotopic (exact) mass is 253 g/mol. The fraction of sp³-hybridized carbons (Fsp3) is 0.667. The zero-order valence-corrected chi connectivity index (χ0v) is 10.7. The molecule has 2 heterocycles. The first-order valence-electron chi connectivity index (χ1n) is 6.09. The molecule has 0 aromatic carbocycles. The van der Waals surface area contributed by atoms with Crippen LogP contribution in [-0.4, -0.2) is 66.1 Å². The predicted molar refractivity (Wildman–Crippen MR) is 65.2 cm³/mol. The SMILES string of the molecule is C=CC(=O)N1CN(C)C2(CCN(OC=O)CC2)C1. The van der Waals surface area contributed by atoms with Gasteiger partial charge >= 0.3 is 6.47 Å². The van der Waals surface area contributed by atoms with Crippen molar-refractivity contribution in [1.29, 1.82) is 0 Å². The quantitative estimate of drug-likeness (QED) is 0.516. The van der Waals surface area contributed by atoms with Crippen molar-refractivity contribution in [2.45, 2.75) is 18.4 Å². The molecule has 0 aromatic rings. The Labute approximate surface area is 107 Å². The minimum atomic E-state index is -0.0229. The van der Waals surface area contributed by atoms with E-state index in [-0.39, 0.29) is 11.4 Å². The van der Waals surface area contributed by atoms with E-state index in [1.54, 1.807) is 5.06 Å². The van der Waals surface area contributed by atoms with Gasteiger partial charge in [0, 0.05) is 25.2 Å². The second kappa shape index (κ2) is 5.07. The molecule has 1 spiro atoms. The van der Waals surface area contributed by atoms with Crippen molar-refractivity contribution >= 4 is 12.4 Å². The van der Waals surface area contributed by atoms with Crippen molar-refractivity contribution in [2.75, 3.05) is 33.4 Å². The summed E-state index contributed by atoms with van der Waals surface area (Å²) in [6.45, 7) is 6.76. The number of likely N-dealkylation sites (N-methyl/N-ethyl adjacent to an activating group) is 1. The lowest BCUT2D eigenvalue weighted by Gasteiger charge is -2.41. The topological polar surface area (TPSA) is 53.1 Å². The van der Waals surface area contributed by atoms with Crippen LogP contribution in [0.1, 0.15) is 12.8 Å². The molecule has 18 heavy (non-hydrogen) atoms. The highest BCUT2D eigenvalue weighted by Gasteiger charge is 2.45. The Bertz CT molecular complexity index is 350. The third-order valence-electron chi connectivity index (χ3n) is 4.01. The number of nitrogens with zero attached hydrogens (tertiary/aromatic N) is 3. The molecule has 6 nitrogen and oxygen atoms in total. The van der Waals surface area contributed by atoms with Gasteiger partial charge in [-0.15, -0.1) is 5.06 Å². The van der Waals surface area contributed by atoms with Crippen LogP contribution in [0.15, 0.2) is 12.7 Å². The van der Waals surface area contributed by atoms with Gasteiger partial charge in [0.1, 0.15) is 0 Å². The fourth-order valence-electron chi connectivity index (χ4n) is 2.82. The summed E-state index contributed by atoms with van der Waals surface area (Å²) in [4.78, 5) is 30.8. The molecule has 2 aliphatic rings. The van der Waals surface area contributed by atoms with Gasteiger partial charge in [-0.2, -0.15) is 0 Å². The zero-order valence-electron chi connectivity index (χ0n) is 10.7. The number of amides is 1. The molecule has 0 N–H and O–H groups in total. The second-order valence-corrected chi connectivity index (χ2v) is 4.93. The van der Waals surface area contributed by atoms with E-state index in [9.17, 15) is 9.59 Å². The van der Waals surface area contributed by atoms with Gasteiger partial charge in [0.05, 0.1) is 6.67 Å². The van der Waals surface area contributed by atoms with E-state index in [0.717, 1.165) is 19.4 Å². The van der Waals surface area contributed by atoms with Gasteiger partial charge in [0.2, 0.25) is 5.91 Å². The minimum Gasteiger partial charge on any atom is -0.371 e. The van der Waals surface area contributed by atoms with Crippen LogP contribution in [0.5, 0.6) is 0 Å². The van der Waals surface area contributed by atoms with Gasteiger partial charge in [-0.3, -0.25) is 14.5 Å². The number of piperidine rings is 1. The molecule has 2 saturated heterocycles. The van der Waals surface area contributed by atoms with Crippen molar-refractivity contribution in [1.82, 2.24) is 14.9 Å². The molecule has 0 saturated carbocycles. The molecular weight excluding hydrogens is 234 g/mol. The largest absolute Gasteiger partial charge is 0.371 e. The van der Waals surface area contributed by atoms with Crippen LogP contribution in [0.3, 0.4) is 0 Å². The van der Waals surface area contributed by atoms with E-state index in [4.69, 9.17) is 4.84 Å². The van der Waals surface area contributed by atoms with Crippen LogP contribution in [-0.2, 0) is 14.4 Å². The summed E-state index contributed by atoms with van der Waals surface area (Å²) in [5, 5.41) is 1.67. The molecule has 0 bridgehead atoms. The van der Waals surface area contributed by atoms with Crippen LogP contribution in [0, 0.1) is 0 Å². The molecule has 0 aliphatic carbocycles. The second-order valence-electron chi connectivity index (χ2n) is 4.93. The van der Waals surface area contributed by atoms with Gasteiger partial charge in [-0.05, 0) is 26.0 Å². The minimum absolute atomic E-state index is 0.0153. The lowest BCUT2D eigenvalue weighted by Crippen LogP contribution is -2.52. The maximum atomic E-state index is 11.7. The Morgan fingerprint density at radius 1 is 1.39 bits per heavy atom. The van der Waals surface area contributed by atoms with E-state index < -0.39 is 0 Å². The van der Waals surface area contributed by atoms with E-state index in [1.165, 1.54) is 6.08 Å². The Balaban J connectivity index is 1.99. The number of hydrogen-bond donors (Lipinski definition) is 0. The maximum Gasteiger partial charge on any atom is 0.312 e. The molecule has 2 aliphatic heterocycles. The van der Waals surface area contributed by atoms with Crippen LogP contribution < -0.4 is 0 Å². The summed E-state index contributed by atoms with van der Waals surface area (Å²) >= 11 is 0. The number of hydrogen-bond acceptors (Lipinski definition) is 5. The van der Waals surface area contributed by atoms with Crippen molar-refractivity contribution in [3.63, 3.8) is 0 Å². The standard InChI is InChI=1S/C12H19N3O3/c1-3-11(17)14-8-12(13(2)9-14)4-6-15(7-5-12)18-10-16/h3,10H,1,4-9H2,2H3. The first kappa shape index (κ1) is 13.0. The van der Waals surface area contributed by atoms with Crippen molar-refractivity contribution in [3.8, 4) is 0 Å². The van der Waals surface area contributed by atoms with Crippen molar-refractivity contribution in [2.24, 2.45) is 0 Å². The Morgan fingerprint density at radius 3 is 2.61 bits per heavy atom. The van der Waals surface area contributed by atoms with Gasteiger partial charge in [0.25, 0.3) is 0 Å². The fourth-order valence-corrected chi connectivity index (χ4v) is 2.82. The van der Waals surface area contributed by atoms with Crippen LogP contribution in [0.2, 0.25) is 0 Å². The molecule has 0 unspecified atom stereocenters. The first-order chi connectivity index (χ1) is 8.61. The van der Waals surface area contributed by atoms with Crippen LogP contribution in [0.25, 0.3) is 0 Å². The number of carbonyl (C=O) groups is 2. The molecule has 0 atom stereocenters. The Kier molecular flexibility index (Phi) is 3.68. The summed E-state index contributed by atoms with van der Waals surface area (Å²) in [5.74, 6) is -0.0229. The van der Waals surface area contributed by atoms with Crippen LogP contribution >= 0.6 is 0 Å². The average Bonchev–Trinajstić information content (AvgIpc) is 2.69. The van der Waals surface area contributed by atoms with E-state index in [2.05, 4.69) is 11.5 Å². The third-order valence-corrected chi connectivity index (χ3v) is 4.01. The molecule has 1 amide bonds. The molecule has 2 fully saturated rings. The average molecular weight is 253 g/mol. The Morgan fingerprint density at radius 2 is 2.06 bits per heavy atom. The predicted octanol–water partition coefficient (Wildman–Crippen LogP) is -0.173. The molecule has 100 valence electrons. The number of hydroxylamine groups is 2. The first-order valence-corrected chi connectivity index (χ1v) is 6.09. The highest BCUT2D eigenvalue weighted by atomic mass is 16.7. The normalized spacial score (nSPS) is 24.2. The van der Waals surface area contributed by atoms with Crippen molar-refractivity contribution in [3.05, 3.63) is 12.7 Å². The highest BCUT2D eigenvalue weighted by molar-refractivity contribution is 5.87. The molecule has 0 radical (unpaired) electrons.